The van der Waals surface area contributed by atoms with Gasteiger partial charge in [0.15, 0.2) is 0 Å². The molecule has 0 heterocycles. The van der Waals surface area contributed by atoms with Crippen LogP contribution in [0.3, 0.4) is 0 Å². The van der Waals surface area contributed by atoms with E-state index in [4.69, 9.17) is 0 Å². The Bertz CT molecular complexity index is 578. The van der Waals surface area contributed by atoms with Crippen molar-refractivity contribution in [1.29, 1.82) is 0 Å². The van der Waals surface area contributed by atoms with E-state index in [9.17, 15) is 19.7 Å². The van der Waals surface area contributed by atoms with Crippen LogP contribution in [0.2, 0.25) is 0 Å². The van der Waals surface area contributed by atoms with E-state index in [1.165, 1.54) is 24.3 Å². The number of hydrogen-bond donors (Lipinski definition) is 2. The quantitative estimate of drug-likeness (QED) is 0.372. The lowest BCUT2D eigenvalue weighted by molar-refractivity contribution is -0.384. The average molecular weight is 292 g/mol. The number of nitrogens with one attached hydrogen (secondary N) is 2. The lowest BCUT2D eigenvalue weighted by Crippen LogP contribution is -2.41. The lowest BCUT2D eigenvalue weighted by Gasteiger charge is -2.07. The predicted octanol–water partition coefficient (Wildman–Crippen LogP) is 0.960. The van der Waals surface area contributed by atoms with E-state index >= 15 is 0 Å². The third kappa shape index (κ3) is 5.01. The van der Waals surface area contributed by atoms with Gasteiger partial charge in [-0.1, -0.05) is 0 Å². The maximum absolute atomic E-state index is 11.4. The molecule has 0 saturated heterocycles. The van der Waals surface area contributed by atoms with Crippen molar-refractivity contribution in [3.8, 4) is 0 Å². The molecule has 8 nitrogen and oxygen atoms in total. The van der Waals surface area contributed by atoms with Crippen molar-refractivity contribution in [1.82, 2.24) is 10.7 Å². The summed E-state index contributed by atoms with van der Waals surface area (Å²) in [7, 11) is 0. The zero-order chi connectivity index (χ0) is 16.0. The highest BCUT2D eigenvalue weighted by molar-refractivity contribution is 6.35. The highest BCUT2D eigenvalue weighted by atomic mass is 16.6. The monoisotopic (exact) mass is 292 g/mol. The Morgan fingerprint density at radius 1 is 1.19 bits per heavy atom. The number of nitro groups is 1. The summed E-state index contributed by atoms with van der Waals surface area (Å²) in [6, 6.07) is 5.54. The summed E-state index contributed by atoms with van der Waals surface area (Å²) >= 11 is 0. The third-order valence-corrected chi connectivity index (χ3v) is 2.45. The van der Waals surface area contributed by atoms with Crippen LogP contribution < -0.4 is 10.7 Å². The van der Waals surface area contributed by atoms with E-state index in [0.717, 1.165) is 0 Å². The predicted molar refractivity (Wildman–Crippen MR) is 76.7 cm³/mol. The maximum Gasteiger partial charge on any atom is 0.329 e. The molecule has 1 aromatic rings. The molecule has 2 N–H and O–H groups in total. The fraction of sp³-hybridized carbons (Fsp3) is 0.308. The number of nitrogens with zero attached hydrogens (tertiary/aromatic N) is 2. The molecule has 0 aliphatic heterocycles. The molecule has 8 heteroatoms. The summed E-state index contributed by atoms with van der Waals surface area (Å²) in [5.41, 5.74) is 3.12. The van der Waals surface area contributed by atoms with Crippen LogP contribution in [0.15, 0.2) is 29.4 Å². The van der Waals surface area contributed by atoms with Crippen molar-refractivity contribution < 1.29 is 14.5 Å². The number of amides is 2. The van der Waals surface area contributed by atoms with E-state index in [0.29, 0.717) is 11.3 Å². The Balaban J connectivity index is 2.70. The molecule has 0 unspecified atom stereocenters. The molecular weight excluding hydrogens is 276 g/mol. The van der Waals surface area contributed by atoms with Gasteiger partial charge in [0.05, 0.1) is 10.6 Å². The summed E-state index contributed by atoms with van der Waals surface area (Å²) in [5, 5.41) is 16.7. The number of rotatable bonds is 4. The molecule has 0 aromatic heterocycles. The standard InChI is InChI=1S/C13H16N4O4/c1-8(2)14-12(18)13(19)16-15-9(3)10-4-6-11(7-5-10)17(20)21/h4-8H,1-3H3,(H,14,18)(H,16,19)/b15-9-. The zero-order valence-corrected chi connectivity index (χ0v) is 11.9. The summed E-state index contributed by atoms with van der Waals surface area (Å²) < 4.78 is 0. The van der Waals surface area contributed by atoms with Gasteiger partial charge in [-0.2, -0.15) is 5.10 Å². The molecule has 0 saturated carbocycles. The molecule has 112 valence electrons. The molecule has 0 bridgehead atoms. The molecule has 1 rings (SSSR count). The first-order chi connectivity index (χ1) is 9.81. The second-order valence-corrected chi connectivity index (χ2v) is 4.57. The van der Waals surface area contributed by atoms with Crippen LogP contribution in [0, 0.1) is 10.1 Å². The number of benzene rings is 1. The van der Waals surface area contributed by atoms with E-state index in [1.54, 1.807) is 20.8 Å². The van der Waals surface area contributed by atoms with Crippen molar-refractivity contribution in [3.63, 3.8) is 0 Å². The molecule has 1 aromatic carbocycles. The topological polar surface area (TPSA) is 114 Å². The SMILES string of the molecule is C/C(=N/NC(=O)C(=O)NC(C)C)c1ccc([N+](=O)[O-])cc1. The molecular formula is C13H16N4O4. The van der Waals surface area contributed by atoms with E-state index < -0.39 is 16.7 Å². The van der Waals surface area contributed by atoms with Gasteiger partial charge in [0.2, 0.25) is 0 Å². The van der Waals surface area contributed by atoms with Gasteiger partial charge in [-0.25, -0.2) is 5.43 Å². The largest absolute Gasteiger partial charge is 0.346 e. The smallest absolute Gasteiger partial charge is 0.329 e. The van der Waals surface area contributed by atoms with E-state index in [2.05, 4.69) is 15.8 Å². The Kier molecular flexibility index (Phi) is 5.53. The molecule has 2 amide bonds. The van der Waals surface area contributed by atoms with Crippen molar-refractivity contribution in [2.45, 2.75) is 26.8 Å². The van der Waals surface area contributed by atoms with Gasteiger partial charge in [0.1, 0.15) is 0 Å². The van der Waals surface area contributed by atoms with Crippen LogP contribution in [0.25, 0.3) is 0 Å². The first-order valence-electron chi connectivity index (χ1n) is 6.21. The van der Waals surface area contributed by atoms with E-state index in [-0.39, 0.29) is 11.7 Å². The fourth-order valence-electron chi connectivity index (χ4n) is 1.40. The zero-order valence-electron chi connectivity index (χ0n) is 11.9. The van der Waals surface area contributed by atoms with Crippen LogP contribution in [0.4, 0.5) is 5.69 Å². The van der Waals surface area contributed by atoms with Gasteiger partial charge in [-0.15, -0.1) is 0 Å². The number of carbonyl (C=O) groups is 2. The van der Waals surface area contributed by atoms with E-state index in [1.807, 2.05) is 0 Å². The Hall–Kier alpha value is -2.77. The number of hydrazone groups is 1. The van der Waals surface area contributed by atoms with Crippen molar-refractivity contribution in [2.24, 2.45) is 5.10 Å². The number of nitro benzene ring substituents is 1. The molecule has 0 aliphatic carbocycles. The number of carbonyl (C=O) groups excluding carboxylic acids is 2. The Labute approximate surface area is 121 Å². The maximum atomic E-state index is 11.4. The minimum atomic E-state index is -0.870. The Morgan fingerprint density at radius 2 is 1.76 bits per heavy atom. The van der Waals surface area contributed by atoms with Gasteiger partial charge >= 0.3 is 11.8 Å². The third-order valence-electron chi connectivity index (χ3n) is 2.45. The second-order valence-electron chi connectivity index (χ2n) is 4.57. The summed E-state index contributed by atoms with van der Waals surface area (Å²) in [4.78, 5) is 32.8. The molecule has 0 atom stereocenters. The van der Waals surface area contributed by atoms with Gasteiger partial charge in [-0.05, 0) is 38.5 Å². The highest BCUT2D eigenvalue weighted by Crippen LogP contribution is 2.12. The van der Waals surface area contributed by atoms with Crippen molar-refractivity contribution in [2.75, 3.05) is 0 Å². The summed E-state index contributed by atoms with van der Waals surface area (Å²) in [5.74, 6) is -1.64. The average Bonchev–Trinajstić information content (AvgIpc) is 2.43. The van der Waals surface area contributed by atoms with Crippen molar-refractivity contribution in [3.05, 3.63) is 39.9 Å². The Morgan fingerprint density at radius 3 is 2.24 bits per heavy atom. The van der Waals surface area contributed by atoms with Crippen molar-refractivity contribution >= 4 is 23.2 Å². The molecule has 0 fully saturated rings. The van der Waals surface area contributed by atoms with Crippen LogP contribution in [0.1, 0.15) is 26.3 Å². The van der Waals surface area contributed by atoms with Crippen LogP contribution >= 0.6 is 0 Å². The second kappa shape index (κ2) is 7.13. The lowest BCUT2D eigenvalue weighted by atomic mass is 10.1. The number of non-ortho nitro benzene ring substituents is 1. The molecule has 0 spiro atoms. The van der Waals surface area contributed by atoms with Gasteiger partial charge < -0.3 is 5.32 Å². The van der Waals surface area contributed by atoms with Crippen LogP contribution in [0.5, 0.6) is 0 Å². The first kappa shape index (κ1) is 16.3. The van der Waals surface area contributed by atoms with Gasteiger partial charge in [0, 0.05) is 18.2 Å². The minimum absolute atomic E-state index is 0.0353. The van der Waals surface area contributed by atoms with Crippen LogP contribution in [-0.2, 0) is 9.59 Å². The normalized spacial score (nSPS) is 11.1. The minimum Gasteiger partial charge on any atom is -0.346 e. The first-order valence-corrected chi connectivity index (χ1v) is 6.21. The van der Waals surface area contributed by atoms with Gasteiger partial charge in [-0.3, -0.25) is 19.7 Å². The fourth-order valence-corrected chi connectivity index (χ4v) is 1.40. The summed E-state index contributed by atoms with van der Waals surface area (Å²) in [6.45, 7) is 5.08. The molecule has 21 heavy (non-hydrogen) atoms. The van der Waals surface area contributed by atoms with Crippen LogP contribution in [-0.4, -0.2) is 28.5 Å². The van der Waals surface area contributed by atoms with Gasteiger partial charge in [0.25, 0.3) is 5.69 Å². The molecule has 0 radical (unpaired) electrons. The summed E-state index contributed by atoms with van der Waals surface area (Å²) in [6.07, 6.45) is 0. The number of hydrogen-bond acceptors (Lipinski definition) is 5. The molecule has 0 aliphatic rings. The highest BCUT2D eigenvalue weighted by Gasteiger charge is 2.13.